The average Bonchev–Trinajstić information content (AvgIpc) is 3.23. The van der Waals surface area contributed by atoms with Crippen molar-refractivity contribution in [3.05, 3.63) is 28.2 Å². The Hall–Kier alpha value is -0.580. The highest BCUT2D eigenvalue weighted by atomic mass is 79.9. The molecule has 4 heteroatoms. The van der Waals surface area contributed by atoms with E-state index in [1.54, 1.807) is 0 Å². The molecule has 0 bridgehead atoms. The predicted octanol–water partition coefficient (Wildman–Crippen LogP) is 3.59. The molecule has 1 atom stereocenters. The lowest BCUT2D eigenvalue weighted by Crippen LogP contribution is -2.26. The number of hydrogen-bond donors (Lipinski definition) is 1. The van der Waals surface area contributed by atoms with E-state index in [-0.39, 0.29) is 0 Å². The van der Waals surface area contributed by atoms with E-state index in [2.05, 4.69) is 65.2 Å². The Kier molecular flexibility index (Phi) is 5.87. The Balaban J connectivity index is 1.84. The molecule has 0 aliphatic heterocycles. The van der Waals surface area contributed by atoms with Gasteiger partial charge in [0.05, 0.1) is 0 Å². The van der Waals surface area contributed by atoms with Gasteiger partial charge >= 0.3 is 0 Å². The van der Waals surface area contributed by atoms with Gasteiger partial charge in [0.1, 0.15) is 12.4 Å². The van der Waals surface area contributed by atoms with Gasteiger partial charge in [0.2, 0.25) is 0 Å². The van der Waals surface area contributed by atoms with Crippen LogP contribution in [-0.4, -0.2) is 37.7 Å². The SMILES string of the molecule is CCNC(C)c1ccc(OCCN(C)C2CC2)cc1Br. The molecule has 20 heavy (non-hydrogen) atoms. The second-order valence-electron chi connectivity index (χ2n) is 5.52. The van der Waals surface area contributed by atoms with E-state index in [4.69, 9.17) is 4.74 Å². The lowest BCUT2D eigenvalue weighted by molar-refractivity contribution is 0.232. The molecule has 1 unspecified atom stereocenters. The van der Waals surface area contributed by atoms with Gasteiger partial charge in [-0.05, 0) is 51.1 Å². The van der Waals surface area contributed by atoms with Gasteiger partial charge in [-0.25, -0.2) is 0 Å². The van der Waals surface area contributed by atoms with Crippen LogP contribution in [0.4, 0.5) is 0 Å². The van der Waals surface area contributed by atoms with E-state index in [0.717, 1.165) is 36.0 Å². The second kappa shape index (κ2) is 7.43. The van der Waals surface area contributed by atoms with Crippen LogP contribution in [0.5, 0.6) is 5.75 Å². The van der Waals surface area contributed by atoms with Gasteiger partial charge < -0.3 is 15.0 Å². The maximum atomic E-state index is 5.84. The topological polar surface area (TPSA) is 24.5 Å². The lowest BCUT2D eigenvalue weighted by atomic mass is 10.1. The number of ether oxygens (including phenoxy) is 1. The number of benzene rings is 1. The molecule has 1 N–H and O–H groups in total. The van der Waals surface area contributed by atoms with Crippen molar-refractivity contribution >= 4 is 15.9 Å². The highest BCUT2D eigenvalue weighted by molar-refractivity contribution is 9.10. The average molecular weight is 341 g/mol. The normalized spacial score (nSPS) is 16.4. The van der Waals surface area contributed by atoms with Crippen LogP contribution in [0, 0.1) is 0 Å². The molecule has 1 aromatic rings. The van der Waals surface area contributed by atoms with E-state index in [1.165, 1.54) is 18.4 Å². The molecular weight excluding hydrogens is 316 g/mol. The van der Waals surface area contributed by atoms with E-state index in [1.807, 2.05) is 0 Å². The number of nitrogens with zero attached hydrogens (tertiary/aromatic N) is 1. The summed E-state index contributed by atoms with van der Waals surface area (Å²) in [5.74, 6) is 0.938. The quantitative estimate of drug-likeness (QED) is 0.782. The Labute approximate surface area is 130 Å². The molecule has 2 rings (SSSR count). The van der Waals surface area contributed by atoms with E-state index >= 15 is 0 Å². The Morgan fingerprint density at radius 3 is 2.80 bits per heavy atom. The van der Waals surface area contributed by atoms with Crippen molar-refractivity contribution in [2.45, 2.75) is 38.8 Å². The minimum absolute atomic E-state index is 0.351. The standard InChI is InChI=1S/C16H25BrN2O/c1-4-18-12(2)15-8-7-14(11-16(15)17)20-10-9-19(3)13-5-6-13/h7-8,11-13,18H,4-6,9-10H2,1-3H3. The van der Waals surface area contributed by atoms with Crippen LogP contribution >= 0.6 is 15.9 Å². The van der Waals surface area contributed by atoms with Gasteiger partial charge in [0.25, 0.3) is 0 Å². The molecule has 3 nitrogen and oxygen atoms in total. The molecule has 1 aliphatic rings. The molecule has 0 amide bonds. The van der Waals surface area contributed by atoms with Crippen molar-refractivity contribution in [2.75, 3.05) is 26.7 Å². The van der Waals surface area contributed by atoms with E-state index < -0.39 is 0 Å². The van der Waals surface area contributed by atoms with Gasteiger partial charge in [-0.3, -0.25) is 0 Å². The lowest BCUT2D eigenvalue weighted by Gasteiger charge is -2.17. The summed E-state index contributed by atoms with van der Waals surface area (Å²) in [5.41, 5.74) is 1.27. The summed E-state index contributed by atoms with van der Waals surface area (Å²) in [4.78, 5) is 2.39. The van der Waals surface area contributed by atoms with Gasteiger partial charge in [-0.2, -0.15) is 0 Å². The van der Waals surface area contributed by atoms with Crippen LogP contribution in [0.15, 0.2) is 22.7 Å². The molecule has 1 aromatic carbocycles. The number of hydrogen-bond acceptors (Lipinski definition) is 3. The second-order valence-corrected chi connectivity index (χ2v) is 6.38. The summed E-state index contributed by atoms with van der Waals surface area (Å²) in [6.07, 6.45) is 2.69. The third-order valence-electron chi connectivity index (χ3n) is 3.83. The van der Waals surface area contributed by atoms with Crippen LogP contribution in [-0.2, 0) is 0 Å². The summed E-state index contributed by atoms with van der Waals surface area (Å²) >= 11 is 3.64. The zero-order valence-electron chi connectivity index (χ0n) is 12.7. The minimum atomic E-state index is 0.351. The monoisotopic (exact) mass is 340 g/mol. The molecule has 1 saturated carbocycles. The Morgan fingerprint density at radius 2 is 2.20 bits per heavy atom. The van der Waals surface area contributed by atoms with Gasteiger partial charge in [-0.1, -0.05) is 28.9 Å². The zero-order chi connectivity index (χ0) is 14.5. The summed E-state index contributed by atoms with van der Waals surface area (Å²) in [6.45, 7) is 7.02. The molecule has 1 fully saturated rings. The number of likely N-dealkylation sites (N-methyl/N-ethyl adjacent to an activating group) is 1. The molecule has 0 radical (unpaired) electrons. The Morgan fingerprint density at radius 1 is 1.45 bits per heavy atom. The van der Waals surface area contributed by atoms with Crippen molar-refractivity contribution < 1.29 is 4.74 Å². The van der Waals surface area contributed by atoms with Crippen molar-refractivity contribution in [3.8, 4) is 5.75 Å². The number of nitrogens with one attached hydrogen (secondary N) is 1. The zero-order valence-corrected chi connectivity index (χ0v) is 14.2. The number of halogens is 1. The molecule has 0 spiro atoms. The molecule has 112 valence electrons. The summed E-state index contributed by atoms with van der Waals surface area (Å²) in [7, 11) is 2.18. The van der Waals surface area contributed by atoms with Crippen LogP contribution in [0.25, 0.3) is 0 Å². The molecule has 1 aliphatic carbocycles. The van der Waals surface area contributed by atoms with Gasteiger partial charge in [0.15, 0.2) is 0 Å². The van der Waals surface area contributed by atoms with Crippen molar-refractivity contribution in [2.24, 2.45) is 0 Å². The fourth-order valence-corrected chi connectivity index (χ4v) is 3.07. The Bertz CT molecular complexity index is 434. The largest absolute Gasteiger partial charge is 0.492 e. The first kappa shape index (κ1) is 15.8. The maximum absolute atomic E-state index is 5.84. The van der Waals surface area contributed by atoms with Crippen LogP contribution in [0.3, 0.4) is 0 Å². The fourth-order valence-electron chi connectivity index (χ4n) is 2.37. The van der Waals surface area contributed by atoms with Crippen LogP contribution < -0.4 is 10.1 Å². The first-order chi connectivity index (χ1) is 9.61. The van der Waals surface area contributed by atoms with Crippen molar-refractivity contribution in [3.63, 3.8) is 0 Å². The summed E-state index contributed by atoms with van der Waals surface area (Å²) in [5, 5.41) is 3.42. The third-order valence-corrected chi connectivity index (χ3v) is 4.52. The van der Waals surface area contributed by atoms with E-state index in [0.29, 0.717) is 6.04 Å². The molecule has 0 heterocycles. The van der Waals surface area contributed by atoms with Crippen LogP contribution in [0.1, 0.15) is 38.3 Å². The summed E-state index contributed by atoms with van der Waals surface area (Å²) < 4.78 is 6.95. The third kappa shape index (κ3) is 4.47. The maximum Gasteiger partial charge on any atom is 0.120 e. The van der Waals surface area contributed by atoms with Crippen molar-refractivity contribution in [1.29, 1.82) is 0 Å². The van der Waals surface area contributed by atoms with Gasteiger partial charge in [-0.15, -0.1) is 0 Å². The van der Waals surface area contributed by atoms with Crippen LogP contribution in [0.2, 0.25) is 0 Å². The van der Waals surface area contributed by atoms with E-state index in [9.17, 15) is 0 Å². The molecule has 0 saturated heterocycles. The highest BCUT2D eigenvalue weighted by Gasteiger charge is 2.25. The molecular formula is C16H25BrN2O. The highest BCUT2D eigenvalue weighted by Crippen LogP contribution is 2.28. The van der Waals surface area contributed by atoms with Gasteiger partial charge in [0, 0.05) is 23.1 Å². The minimum Gasteiger partial charge on any atom is -0.492 e. The predicted molar refractivity (Wildman–Crippen MR) is 87.4 cm³/mol. The summed E-state index contributed by atoms with van der Waals surface area (Å²) in [6, 6.07) is 7.42. The number of rotatable bonds is 8. The first-order valence-electron chi connectivity index (χ1n) is 7.47. The smallest absolute Gasteiger partial charge is 0.120 e. The first-order valence-corrected chi connectivity index (χ1v) is 8.27. The fraction of sp³-hybridized carbons (Fsp3) is 0.625. The molecule has 0 aromatic heterocycles. The van der Waals surface area contributed by atoms with Crippen molar-refractivity contribution in [1.82, 2.24) is 10.2 Å².